The first-order chi connectivity index (χ1) is 11.9. The first kappa shape index (κ1) is 19.3. The molecule has 1 saturated heterocycles. The average molecular weight is 348 g/mol. The summed E-state index contributed by atoms with van der Waals surface area (Å²) in [6.45, 7) is 13.6. The molecular formula is C19H32N4O2. The molecule has 0 aliphatic carbocycles. The van der Waals surface area contributed by atoms with Crippen molar-refractivity contribution in [3.05, 3.63) is 23.0 Å². The van der Waals surface area contributed by atoms with E-state index in [1.54, 1.807) is 0 Å². The lowest BCUT2D eigenvalue weighted by Crippen LogP contribution is -2.42. The lowest BCUT2D eigenvalue weighted by atomic mass is 10.2. The van der Waals surface area contributed by atoms with E-state index in [9.17, 15) is 9.59 Å². The van der Waals surface area contributed by atoms with Gasteiger partial charge in [-0.25, -0.2) is 4.79 Å². The standard InChI is InChI=1S/C19H32N4O2/c1-6-8-20-19(25)22-10-7-9-21(11-12-22)18(24)17-13-15(4)23(14(2)3)16(17)5/h13-14H,6-12H2,1-5H3,(H,20,25). The van der Waals surface area contributed by atoms with Gasteiger partial charge in [0, 0.05) is 50.2 Å². The summed E-state index contributed by atoms with van der Waals surface area (Å²) in [7, 11) is 0. The molecule has 0 radical (unpaired) electrons. The number of carbonyl (C=O) groups is 2. The molecule has 25 heavy (non-hydrogen) atoms. The van der Waals surface area contributed by atoms with E-state index in [4.69, 9.17) is 0 Å². The normalized spacial score (nSPS) is 15.4. The molecule has 140 valence electrons. The number of aryl methyl sites for hydroxylation is 1. The second-order valence-corrected chi connectivity index (χ2v) is 7.11. The Bertz CT molecular complexity index is 621. The molecule has 1 aliphatic heterocycles. The van der Waals surface area contributed by atoms with Gasteiger partial charge in [0.05, 0.1) is 5.56 Å². The Kier molecular flexibility index (Phi) is 6.51. The summed E-state index contributed by atoms with van der Waals surface area (Å²) >= 11 is 0. The van der Waals surface area contributed by atoms with Crippen LogP contribution in [0.25, 0.3) is 0 Å². The number of hydrogen-bond acceptors (Lipinski definition) is 2. The van der Waals surface area contributed by atoms with Crippen LogP contribution >= 0.6 is 0 Å². The molecule has 1 aromatic rings. The summed E-state index contributed by atoms with van der Waals surface area (Å²) in [6.07, 6.45) is 1.74. The quantitative estimate of drug-likeness (QED) is 0.909. The van der Waals surface area contributed by atoms with Crippen molar-refractivity contribution >= 4 is 11.9 Å². The molecule has 1 N–H and O–H groups in total. The minimum absolute atomic E-state index is 0.0193. The van der Waals surface area contributed by atoms with Crippen LogP contribution in [0.4, 0.5) is 4.79 Å². The second kappa shape index (κ2) is 8.41. The summed E-state index contributed by atoms with van der Waals surface area (Å²) in [5.74, 6) is 0.0795. The Morgan fingerprint density at radius 2 is 1.76 bits per heavy atom. The van der Waals surface area contributed by atoms with Crippen molar-refractivity contribution in [2.45, 2.75) is 53.5 Å². The number of rotatable bonds is 4. The van der Waals surface area contributed by atoms with Crippen LogP contribution in [0.3, 0.4) is 0 Å². The van der Waals surface area contributed by atoms with Crippen molar-refractivity contribution in [1.29, 1.82) is 0 Å². The molecule has 2 heterocycles. The fourth-order valence-corrected chi connectivity index (χ4v) is 3.63. The molecule has 2 rings (SSSR count). The maximum absolute atomic E-state index is 13.0. The minimum atomic E-state index is -0.0193. The molecule has 0 bridgehead atoms. The van der Waals surface area contributed by atoms with E-state index in [0.29, 0.717) is 38.8 Å². The Balaban J connectivity index is 2.06. The van der Waals surface area contributed by atoms with E-state index in [0.717, 1.165) is 29.8 Å². The zero-order chi connectivity index (χ0) is 18.6. The van der Waals surface area contributed by atoms with Crippen LogP contribution in [0, 0.1) is 13.8 Å². The van der Waals surface area contributed by atoms with Gasteiger partial charge in [-0.15, -0.1) is 0 Å². The lowest BCUT2D eigenvalue weighted by molar-refractivity contribution is 0.0761. The molecule has 1 aromatic heterocycles. The predicted octanol–water partition coefficient (Wildman–Crippen LogP) is 2.95. The van der Waals surface area contributed by atoms with Crippen molar-refractivity contribution in [1.82, 2.24) is 19.7 Å². The van der Waals surface area contributed by atoms with E-state index < -0.39 is 0 Å². The number of nitrogens with zero attached hydrogens (tertiary/aromatic N) is 3. The highest BCUT2D eigenvalue weighted by atomic mass is 16.2. The monoisotopic (exact) mass is 348 g/mol. The van der Waals surface area contributed by atoms with Gasteiger partial charge in [0.15, 0.2) is 0 Å². The Morgan fingerprint density at radius 3 is 2.36 bits per heavy atom. The number of aromatic nitrogens is 1. The van der Waals surface area contributed by atoms with Crippen LogP contribution in [0.15, 0.2) is 6.07 Å². The van der Waals surface area contributed by atoms with Gasteiger partial charge in [0.2, 0.25) is 0 Å². The molecule has 6 nitrogen and oxygen atoms in total. The van der Waals surface area contributed by atoms with Crippen LogP contribution in [-0.2, 0) is 0 Å². The molecule has 0 atom stereocenters. The minimum Gasteiger partial charge on any atom is -0.346 e. The molecule has 0 aromatic carbocycles. The van der Waals surface area contributed by atoms with E-state index in [1.165, 1.54) is 0 Å². The highest BCUT2D eigenvalue weighted by Crippen LogP contribution is 2.22. The highest BCUT2D eigenvalue weighted by molar-refractivity contribution is 5.95. The topological polar surface area (TPSA) is 57.6 Å². The van der Waals surface area contributed by atoms with E-state index >= 15 is 0 Å². The van der Waals surface area contributed by atoms with Gasteiger partial charge in [0.1, 0.15) is 0 Å². The van der Waals surface area contributed by atoms with Crippen molar-refractivity contribution in [2.75, 3.05) is 32.7 Å². The molecule has 1 fully saturated rings. The highest BCUT2D eigenvalue weighted by Gasteiger charge is 2.25. The smallest absolute Gasteiger partial charge is 0.317 e. The lowest BCUT2D eigenvalue weighted by Gasteiger charge is -2.22. The maximum Gasteiger partial charge on any atom is 0.317 e. The summed E-state index contributed by atoms with van der Waals surface area (Å²) in [4.78, 5) is 28.9. The van der Waals surface area contributed by atoms with E-state index in [1.807, 2.05) is 36.6 Å². The van der Waals surface area contributed by atoms with Gasteiger partial charge in [-0.3, -0.25) is 4.79 Å². The number of hydrogen-bond donors (Lipinski definition) is 1. The van der Waals surface area contributed by atoms with Crippen LogP contribution in [-0.4, -0.2) is 59.0 Å². The molecule has 1 aliphatic rings. The van der Waals surface area contributed by atoms with Crippen molar-refractivity contribution in [3.8, 4) is 0 Å². The number of nitrogens with one attached hydrogen (secondary N) is 1. The van der Waals surface area contributed by atoms with Crippen molar-refractivity contribution in [3.63, 3.8) is 0 Å². The van der Waals surface area contributed by atoms with Crippen LogP contribution in [0.1, 0.15) is 61.4 Å². The van der Waals surface area contributed by atoms with E-state index in [2.05, 4.69) is 23.7 Å². The van der Waals surface area contributed by atoms with Crippen LogP contribution < -0.4 is 5.32 Å². The third kappa shape index (κ3) is 4.35. The molecule has 3 amide bonds. The average Bonchev–Trinajstić information content (AvgIpc) is 2.75. The summed E-state index contributed by atoms with van der Waals surface area (Å²) in [6, 6.07) is 2.31. The number of urea groups is 1. The zero-order valence-electron chi connectivity index (χ0n) is 16.3. The number of carbonyl (C=O) groups excluding carboxylic acids is 2. The van der Waals surface area contributed by atoms with Gasteiger partial charge in [-0.05, 0) is 46.6 Å². The molecule has 6 heteroatoms. The molecular weight excluding hydrogens is 316 g/mol. The van der Waals surface area contributed by atoms with Gasteiger partial charge >= 0.3 is 6.03 Å². The summed E-state index contributed by atoms with van der Waals surface area (Å²) in [5.41, 5.74) is 2.93. The number of amides is 3. The fraction of sp³-hybridized carbons (Fsp3) is 0.684. The van der Waals surface area contributed by atoms with Crippen molar-refractivity contribution in [2.24, 2.45) is 0 Å². The van der Waals surface area contributed by atoms with Crippen molar-refractivity contribution < 1.29 is 9.59 Å². The third-order valence-corrected chi connectivity index (χ3v) is 4.83. The zero-order valence-corrected chi connectivity index (χ0v) is 16.3. The molecule has 0 unspecified atom stereocenters. The summed E-state index contributed by atoms with van der Waals surface area (Å²) < 4.78 is 2.20. The summed E-state index contributed by atoms with van der Waals surface area (Å²) in [5, 5.41) is 2.92. The van der Waals surface area contributed by atoms with E-state index in [-0.39, 0.29) is 11.9 Å². The Hall–Kier alpha value is -1.98. The largest absolute Gasteiger partial charge is 0.346 e. The molecule has 0 saturated carbocycles. The Labute approximate surface area is 151 Å². The SMILES string of the molecule is CCCNC(=O)N1CCCN(C(=O)c2cc(C)n(C(C)C)c2C)CC1. The predicted molar refractivity (Wildman–Crippen MR) is 100 cm³/mol. The van der Waals surface area contributed by atoms with Gasteiger partial charge in [0.25, 0.3) is 5.91 Å². The van der Waals surface area contributed by atoms with Gasteiger partial charge in [-0.2, -0.15) is 0 Å². The van der Waals surface area contributed by atoms with Gasteiger partial charge < -0.3 is 19.7 Å². The molecule has 0 spiro atoms. The third-order valence-electron chi connectivity index (χ3n) is 4.83. The maximum atomic E-state index is 13.0. The first-order valence-corrected chi connectivity index (χ1v) is 9.37. The first-order valence-electron chi connectivity index (χ1n) is 9.37. The van der Waals surface area contributed by atoms with Gasteiger partial charge in [-0.1, -0.05) is 6.92 Å². The fourth-order valence-electron chi connectivity index (χ4n) is 3.63. The van der Waals surface area contributed by atoms with Crippen LogP contribution in [0.5, 0.6) is 0 Å². The van der Waals surface area contributed by atoms with Crippen LogP contribution in [0.2, 0.25) is 0 Å². The Morgan fingerprint density at radius 1 is 1.12 bits per heavy atom. The second-order valence-electron chi connectivity index (χ2n) is 7.11.